The maximum Gasteiger partial charge on any atom is 0.320 e. The Morgan fingerprint density at radius 1 is 1.35 bits per heavy atom. The Morgan fingerprint density at radius 2 is 2.08 bits per heavy atom. The van der Waals surface area contributed by atoms with Gasteiger partial charge >= 0.3 is 6.03 Å². The fourth-order valence-corrected chi connectivity index (χ4v) is 2.66. The summed E-state index contributed by atoms with van der Waals surface area (Å²) in [5, 5.41) is 4.00. The predicted molar refractivity (Wildman–Crippen MR) is 94.7 cm³/mol. The van der Waals surface area contributed by atoms with Gasteiger partial charge in [-0.05, 0) is 24.3 Å². The summed E-state index contributed by atoms with van der Waals surface area (Å²) >= 11 is 0. The lowest BCUT2D eigenvalue weighted by Crippen LogP contribution is -2.48. The Balaban J connectivity index is 1.70. The van der Waals surface area contributed by atoms with E-state index in [4.69, 9.17) is 14.0 Å². The van der Waals surface area contributed by atoms with E-state index in [0.717, 1.165) is 11.3 Å². The number of nitrogens with zero attached hydrogens (tertiary/aromatic N) is 4. The van der Waals surface area contributed by atoms with Crippen molar-refractivity contribution in [1.82, 2.24) is 19.9 Å². The molecule has 0 aliphatic carbocycles. The summed E-state index contributed by atoms with van der Waals surface area (Å²) in [7, 11) is 1.61. The quantitative estimate of drug-likeness (QED) is 0.737. The topological polar surface area (TPSA) is 80.9 Å². The number of urea groups is 1. The zero-order valence-corrected chi connectivity index (χ0v) is 14.8. The second-order valence-corrected chi connectivity index (χ2v) is 5.79. The van der Waals surface area contributed by atoms with Gasteiger partial charge in [-0.1, -0.05) is 11.2 Å². The van der Waals surface area contributed by atoms with Crippen LogP contribution in [0.25, 0.3) is 11.4 Å². The molecule has 0 spiro atoms. The number of rotatable bonds is 6. The first-order valence-electron chi connectivity index (χ1n) is 8.40. The molecule has 0 N–H and O–H groups in total. The van der Waals surface area contributed by atoms with Crippen LogP contribution in [0.15, 0.2) is 41.4 Å². The fraction of sp³-hybridized carbons (Fsp3) is 0.389. The number of hydrogen-bond donors (Lipinski definition) is 0. The molecule has 26 heavy (non-hydrogen) atoms. The summed E-state index contributed by atoms with van der Waals surface area (Å²) in [4.78, 5) is 20.5. The van der Waals surface area contributed by atoms with Gasteiger partial charge < -0.3 is 23.8 Å². The van der Waals surface area contributed by atoms with Crippen molar-refractivity contribution in [2.45, 2.75) is 6.54 Å². The predicted octanol–water partition coefficient (Wildman–Crippen LogP) is 2.19. The number of carbonyl (C=O) groups excluding carboxylic acids is 1. The highest BCUT2D eigenvalue weighted by atomic mass is 16.5. The average molecular weight is 358 g/mol. The standard InChI is InChI=1S/C18H22N4O4/c1-3-8-22(18(23)21-9-11-25-12-10-21)13-16-19-17(20-26-16)14-4-6-15(24-2)7-5-14/h3-7H,1,8-13H2,2H3. The van der Waals surface area contributed by atoms with Crippen LogP contribution in [-0.2, 0) is 11.3 Å². The first-order chi connectivity index (χ1) is 12.7. The van der Waals surface area contributed by atoms with Gasteiger partial charge in [-0.25, -0.2) is 4.79 Å². The van der Waals surface area contributed by atoms with Crippen LogP contribution in [0.3, 0.4) is 0 Å². The van der Waals surface area contributed by atoms with Crippen LogP contribution in [0.1, 0.15) is 5.89 Å². The van der Waals surface area contributed by atoms with Crippen LogP contribution in [0.2, 0.25) is 0 Å². The van der Waals surface area contributed by atoms with Gasteiger partial charge in [0.2, 0.25) is 11.7 Å². The van der Waals surface area contributed by atoms with Gasteiger partial charge in [-0.15, -0.1) is 6.58 Å². The number of benzene rings is 1. The van der Waals surface area contributed by atoms with E-state index in [-0.39, 0.29) is 12.6 Å². The Kier molecular flexibility index (Phi) is 5.85. The van der Waals surface area contributed by atoms with E-state index in [1.54, 1.807) is 23.0 Å². The minimum Gasteiger partial charge on any atom is -0.497 e. The molecule has 0 saturated carbocycles. The summed E-state index contributed by atoms with van der Waals surface area (Å²) in [6, 6.07) is 7.29. The molecule has 8 heteroatoms. The molecule has 2 heterocycles. The highest BCUT2D eigenvalue weighted by Gasteiger charge is 2.24. The third kappa shape index (κ3) is 4.20. The first-order valence-corrected chi connectivity index (χ1v) is 8.40. The van der Waals surface area contributed by atoms with Crippen molar-refractivity contribution in [1.29, 1.82) is 0 Å². The van der Waals surface area contributed by atoms with Crippen molar-refractivity contribution in [3.05, 3.63) is 42.8 Å². The monoisotopic (exact) mass is 358 g/mol. The molecule has 1 aromatic heterocycles. The molecule has 0 unspecified atom stereocenters. The van der Waals surface area contributed by atoms with E-state index in [2.05, 4.69) is 16.7 Å². The molecule has 1 saturated heterocycles. The van der Waals surface area contributed by atoms with Gasteiger partial charge in [-0.3, -0.25) is 0 Å². The molecule has 1 fully saturated rings. The number of hydrogen-bond acceptors (Lipinski definition) is 6. The van der Waals surface area contributed by atoms with E-state index >= 15 is 0 Å². The first kappa shape index (κ1) is 17.9. The molecule has 8 nitrogen and oxygen atoms in total. The van der Waals surface area contributed by atoms with Gasteiger partial charge in [0, 0.05) is 25.2 Å². The molecule has 0 bridgehead atoms. The number of ether oxygens (including phenoxy) is 2. The van der Waals surface area contributed by atoms with Gasteiger partial charge in [0.15, 0.2) is 0 Å². The number of amides is 2. The maximum atomic E-state index is 12.7. The molecule has 3 rings (SSSR count). The van der Waals surface area contributed by atoms with Crippen LogP contribution in [0.5, 0.6) is 5.75 Å². The highest BCUT2D eigenvalue weighted by molar-refractivity contribution is 5.74. The molecule has 0 radical (unpaired) electrons. The third-order valence-electron chi connectivity index (χ3n) is 4.04. The number of aromatic nitrogens is 2. The van der Waals surface area contributed by atoms with E-state index in [1.165, 1.54) is 0 Å². The van der Waals surface area contributed by atoms with Crippen LogP contribution in [0.4, 0.5) is 4.79 Å². The van der Waals surface area contributed by atoms with E-state index in [9.17, 15) is 4.79 Å². The number of morpholine rings is 1. The summed E-state index contributed by atoms with van der Waals surface area (Å²) < 4.78 is 15.8. The lowest BCUT2D eigenvalue weighted by Gasteiger charge is -2.31. The van der Waals surface area contributed by atoms with Gasteiger partial charge in [0.25, 0.3) is 0 Å². The summed E-state index contributed by atoms with van der Waals surface area (Å²) in [5.74, 6) is 1.60. The Labute approximate surface area is 152 Å². The third-order valence-corrected chi connectivity index (χ3v) is 4.04. The Morgan fingerprint density at radius 3 is 2.73 bits per heavy atom. The van der Waals surface area contributed by atoms with Crippen LogP contribution in [-0.4, -0.2) is 65.9 Å². The zero-order chi connectivity index (χ0) is 18.4. The summed E-state index contributed by atoms with van der Waals surface area (Å²) in [6.07, 6.45) is 1.68. The van der Waals surface area contributed by atoms with Crippen molar-refractivity contribution in [2.24, 2.45) is 0 Å². The molecule has 0 atom stereocenters. The highest BCUT2D eigenvalue weighted by Crippen LogP contribution is 2.20. The largest absolute Gasteiger partial charge is 0.497 e. The minimum atomic E-state index is -0.0857. The molecule has 2 aromatic rings. The second-order valence-electron chi connectivity index (χ2n) is 5.79. The molecular weight excluding hydrogens is 336 g/mol. The molecule has 1 aliphatic rings. The lowest BCUT2D eigenvalue weighted by molar-refractivity contribution is 0.0428. The molecule has 1 aliphatic heterocycles. The van der Waals surface area contributed by atoms with E-state index in [1.807, 2.05) is 24.3 Å². The number of methoxy groups -OCH3 is 1. The SMILES string of the molecule is C=CCN(Cc1nc(-c2ccc(OC)cc2)no1)C(=O)N1CCOCC1. The Hall–Kier alpha value is -2.87. The average Bonchev–Trinajstić information content (AvgIpc) is 3.16. The van der Waals surface area contributed by atoms with Crippen molar-refractivity contribution >= 4 is 6.03 Å². The maximum absolute atomic E-state index is 12.7. The summed E-state index contributed by atoms with van der Waals surface area (Å²) in [6.45, 7) is 6.61. The second kappa shape index (κ2) is 8.48. The Bertz CT molecular complexity index is 738. The van der Waals surface area contributed by atoms with Gasteiger partial charge in [-0.2, -0.15) is 4.98 Å². The molecular formula is C18H22N4O4. The van der Waals surface area contributed by atoms with Crippen LogP contribution < -0.4 is 4.74 Å². The molecule has 1 aromatic carbocycles. The van der Waals surface area contributed by atoms with Crippen molar-refractivity contribution in [2.75, 3.05) is 40.0 Å². The van der Waals surface area contributed by atoms with Gasteiger partial charge in [0.1, 0.15) is 12.3 Å². The van der Waals surface area contributed by atoms with Crippen LogP contribution >= 0.6 is 0 Å². The minimum absolute atomic E-state index is 0.0857. The summed E-state index contributed by atoms with van der Waals surface area (Å²) in [5.41, 5.74) is 0.815. The normalized spacial score (nSPS) is 14.1. The zero-order valence-electron chi connectivity index (χ0n) is 14.8. The van der Waals surface area contributed by atoms with Gasteiger partial charge in [0.05, 0.1) is 20.3 Å². The van der Waals surface area contributed by atoms with Crippen molar-refractivity contribution < 1.29 is 18.8 Å². The van der Waals surface area contributed by atoms with Crippen LogP contribution in [0, 0.1) is 0 Å². The fourth-order valence-electron chi connectivity index (χ4n) is 2.66. The van der Waals surface area contributed by atoms with E-state index < -0.39 is 0 Å². The van der Waals surface area contributed by atoms with Crippen molar-refractivity contribution in [3.63, 3.8) is 0 Å². The number of carbonyl (C=O) groups is 1. The van der Waals surface area contributed by atoms with E-state index in [0.29, 0.717) is 44.6 Å². The molecule has 138 valence electrons. The molecule has 2 amide bonds. The lowest BCUT2D eigenvalue weighted by atomic mass is 10.2. The van der Waals surface area contributed by atoms with Crippen molar-refractivity contribution in [3.8, 4) is 17.1 Å². The smallest absolute Gasteiger partial charge is 0.320 e.